The van der Waals surface area contributed by atoms with Gasteiger partial charge in [-0.1, -0.05) is 30.3 Å². The summed E-state index contributed by atoms with van der Waals surface area (Å²) in [6.07, 6.45) is 0. The normalized spacial score (nSPS) is 10.8. The zero-order valence-corrected chi connectivity index (χ0v) is 10.7. The molecule has 0 bridgehead atoms. The third-order valence-corrected chi connectivity index (χ3v) is 3.26. The van der Waals surface area contributed by atoms with E-state index in [-0.39, 0.29) is 17.1 Å². The fraction of sp³-hybridized carbons (Fsp3) is 0.0625. The van der Waals surface area contributed by atoms with Crippen LogP contribution in [0.25, 0.3) is 10.9 Å². The number of nitrogens with zero attached hydrogens (tertiary/aromatic N) is 1. The van der Waals surface area contributed by atoms with E-state index in [9.17, 15) is 15.0 Å². The largest absolute Gasteiger partial charge is 0.508 e. The van der Waals surface area contributed by atoms with Crippen molar-refractivity contribution in [3.05, 3.63) is 70.5 Å². The fourth-order valence-corrected chi connectivity index (χ4v) is 2.28. The molecule has 0 saturated carbocycles. The fourth-order valence-electron chi connectivity index (χ4n) is 2.28. The Hall–Kier alpha value is -2.75. The Morgan fingerprint density at radius 1 is 0.950 bits per heavy atom. The van der Waals surface area contributed by atoms with E-state index in [0.29, 0.717) is 17.4 Å². The van der Waals surface area contributed by atoms with Gasteiger partial charge in [-0.3, -0.25) is 4.79 Å². The van der Waals surface area contributed by atoms with Crippen LogP contribution in [0.2, 0.25) is 0 Å². The molecule has 3 rings (SSSR count). The highest BCUT2D eigenvalue weighted by Crippen LogP contribution is 2.26. The molecule has 0 atom stereocenters. The molecule has 0 saturated heterocycles. The van der Waals surface area contributed by atoms with Crippen LogP contribution >= 0.6 is 0 Å². The summed E-state index contributed by atoms with van der Waals surface area (Å²) in [6, 6.07) is 15.4. The first-order chi connectivity index (χ1) is 9.65. The lowest BCUT2D eigenvalue weighted by molar-refractivity contribution is 0.470. The summed E-state index contributed by atoms with van der Waals surface area (Å²) in [6.45, 7) is 0.418. The van der Waals surface area contributed by atoms with Crippen LogP contribution in [0.4, 0.5) is 0 Å². The average Bonchev–Trinajstić information content (AvgIpc) is 2.45. The van der Waals surface area contributed by atoms with E-state index in [1.54, 1.807) is 10.6 Å². The molecule has 0 unspecified atom stereocenters. The highest BCUT2D eigenvalue weighted by molar-refractivity contribution is 5.86. The first-order valence-electron chi connectivity index (χ1n) is 6.24. The Morgan fingerprint density at radius 3 is 2.45 bits per heavy atom. The second kappa shape index (κ2) is 4.74. The van der Waals surface area contributed by atoms with Crippen molar-refractivity contribution < 1.29 is 10.2 Å². The van der Waals surface area contributed by atoms with Gasteiger partial charge in [0.15, 0.2) is 0 Å². The number of benzene rings is 2. The van der Waals surface area contributed by atoms with E-state index in [1.807, 2.05) is 30.3 Å². The minimum absolute atomic E-state index is 0.0534. The van der Waals surface area contributed by atoms with Gasteiger partial charge in [-0.15, -0.1) is 0 Å². The van der Waals surface area contributed by atoms with Crippen molar-refractivity contribution in [3.8, 4) is 11.5 Å². The van der Waals surface area contributed by atoms with Gasteiger partial charge in [0.05, 0.1) is 12.1 Å². The summed E-state index contributed by atoms with van der Waals surface area (Å²) in [5, 5.41) is 19.8. The molecule has 0 fully saturated rings. The molecule has 0 aliphatic heterocycles. The second-order valence-electron chi connectivity index (χ2n) is 4.64. The summed E-state index contributed by atoms with van der Waals surface area (Å²) >= 11 is 0. The molecule has 0 radical (unpaired) electrons. The minimum Gasteiger partial charge on any atom is -0.508 e. The molecule has 3 aromatic rings. The van der Waals surface area contributed by atoms with Gasteiger partial charge in [0.1, 0.15) is 11.5 Å². The standard InChI is InChI=1S/C16H13NO3/c18-12-6-7-14-13(8-12)15(19)9-16(20)17(14)10-11-4-2-1-3-5-11/h1-9,18-19H,10H2. The quantitative estimate of drug-likeness (QED) is 0.749. The second-order valence-corrected chi connectivity index (χ2v) is 4.64. The van der Waals surface area contributed by atoms with Gasteiger partial charge in [-0.25, -0.2) is 0 Å². The van der Waals surface area contributed by atoms with E-state index in [0.717, 1.165) is 5.56 Å². The molecule has 1 aromatic heterocycles. The van der Waals surface area contributed by atoms with Crippen LogP contribution in [-0.2, 0) is 6.54 Å². The molecule has 4 heteroatoms. The summed E-state index contributed by atoms with van der Waals surface area (Å²) < 4.78 is 1.57. The van der Waals surface area contributed by atoms with E-state index < -0.39 is 0 Å². The van der Waals surface area contributed by atoms with E-state index in [2.05, 4.69) is 0 Å². The smallest absolute Gasteiger partial charge is 0.255 e. The van der Waals surface area contributed by atoms with E-state index in [4.69, 9.17) is 0 Å². The summed E-state index contributed by atoms with van der Waals surface area (Å²) in [7, 11) is 0. The van der Waals surface area contributed by atoms with E-state index in [1.165, 1.54) is 18.2 Å². The number of hydrogen-bond donors (Lipinski definition) is 2. The zero-order valence-electron chi connectivity index (χ0n) is 10.7. The molecule has 0 amide bonds. The molecular formula is C16H13NO3. The van der Waals surface area contributed by atoms with Crippen molar-refractivity contribution >= 4 is 10.9 Å². The van der Waals surface area contributed by atoms with Crippen LogP contribution in [0.3, 0.4) is 0 Å². The highest BCUT2D eigenvalue weighted by Gasteiger charge is 2.09. The van der Waals surface area contributed by atoms with Crippen molar-refractivity contribution in [2.24, 2.45) is 0 Å². The molecular weight excluding hydrogens is 254 g/mol. The van der Waals surface area contributed by atoms with Crippen molar-refractivity contribution in [2.75, 3.05) is 0 Å². The molecule has 2 aromatic carbocycles. The summed E-state index contributed by atoms with van der Waals surface area (Å²) in [4.78, 5) is 12.1. The van der Waals surface area contributed by atoms with Gasteiger partial charge in [0.25, 0.3) is 5.56 Å². The number of aromatic nitrogens is 1. The topological polar surface area (TPSA) is 62.5 Å². The predicted octanol–water partition coefficient (Wildman–Crippen LogP) is 2.46. The zero-order chi connectivity index (χ0) is 14.1. The number of fused-ring (bicyclic) bond motifs is 1. The summed E-state index contributed by atoms with van der Waals surface area (Å²) in [5.41, 5.74) is 1.32. The van der Waals surface area contributed by atoms with Crippen LogP contribution < -0.4 is 5.56 Å². The Balaban J connectivity index is 2.22. The first kappa shape index (κ1) is 12.3. The maximum Gasteiger partial charge on any atom is 0.255 e. The molecule has 2 N–H and O–H groups in total. The third-order valence-electron chi connectivity index (χ3n) is 3.26. The maximum atomic E-state index is 12.1. The van der Waals surface area contributed by atoms with Crippen LogP contribution in [-0.4, -0.2) is 14.8 Å². The number of phenols is 1. The van der Waals surface area contributed by atoms with Crippen LogP contribution in [0.15, 0.2) is 59.4 Å². The minimum atomic E-state index is -0.274. The van der Waals surface area contributed by atoms with Crippen LogP contribution in [0.5, 0.6) is 11.5 Å². The molecule has 20 heavy (non-hydrogen) atoms. The van der Waals surface area contributed by atoms with Gasteiger partial charge in [-0.05, 0) is 23.8 Å². The maximum absolute atomic E-state index is 12.1. The van der Waals surface area contributed by atoms with Crippen LogP contribution in [0, 0.1) is 0 Å². The van der Waals surface area contributed by atoms with Gasteiger partial charge >= 0.3 is 0 Å². The third kappa shape index (κ3) is 2.12. The van der Waals surface area contributed by atoms with Gasteiger partial charge in [0, 0.05) is 11.5 Å². The number of phenolic OH excluding ortho intramolecular Hbond substituents is 1. The lowest BCUT2D eigenvalue weighted by atomic mass is 10.1. The van der Waals surface area contributed by atoms with Gasteiger partial charge in [-0.2, -0.15) is 0 Å². The van der Waals surface area contributed by atoms with Gasteiger partial charge < -0.3 is 14.8 Å². The Labute approximate surface area is 115 Å². The van der Waals surface area contributed by atoms with Crippen molar-refractivity contribution in [3.63, 3.8) is 0 Å². The van der Waals surface area contributed by atoms with Crippen LogP contribution in [0.1, 0.15) is 5.56 Å². The van der Waals surface area contributed by atoms with Crippen molar-refractivity contribution in [1.29, 1.82) is 0 Å². The average molecular weight is 267 g/mol. The van der Waals surface area contributed by atoms with E-state index >= 15 is 0 Å². The molecule has 1 heterocycles. The van der Waals surface area contributed by atoms with Crippen molar-refractivity contribution in [2.45, 2.75) is 6.54 Å². The number of pyridine rings is 1. The van der Waals surface area contributed by atoms with Crippen molar-refractivity contribution in [1.82, 2.24) is 4.57 Å². The Morgan fingerprint density at radius 2 is 1.70 bits per heavy atom. The molecule has 100 valence electrons. The molecule has 4 nitrogen and oxygen atoms in total. The lowest BCUT2D eigenvalue weighted by Crippen LogP contribution is -2.20. The molecule has 0 aliphatic carbocycles. The SMILES string of the molecule is O=c1cc(O)c2cc(O)ccc2n1Cc1ccccc1. The summed E-state index contributed by atoms with van der Waals surface area (Å²) in [5.74, 6) is -0.0667. The Bertz CT molecular complexity index is 822. The monoisotopic (exact) mass is 267 g/mol. The Kier molecular flexibility index (Phi) is 2.91. The first-order valence-corrected chi connectivity index (χ1v) is 6.24. The number of hydrogen-bond acceptors (Lipinski definition) is 3. The number of rotatable bonds is 2. The predicted molar refractivity (Wildman–Crippen MR) is 77.1 cm³/mol. The number of aromatic hydroxyl groups is 2. The molecule has 0 aliphatic rings. The molecule has 0 spiro atoms. The van der Waals surface area contributed by atoms with Gasteiger partial charge in [0.2, 0.25) is 0 Å². The highest BCUT2D eigenvalue weighted by atomic mass is 16.3. The lowest BCUT2D eigenvalue weighted by Gasteiger charge is -2.11.